The average Bonchev–Trinajstić information content (AvgIpc) is 4.02. The number of carbonyl (C=O) groups is 2. The third-order valence-corrected chi connectivity index (χ3v) is 16.4. The highest BCUT2D eigenvalue weighted by Crippen LogP contribution is 2.45. The second kappa shape index (κ2) is 17.8. The third-order valence-electron chi connectivity index (χ3n) is 11.0. The van der Waals surface area contributed by atoms with Crippen LogP contribution in [0.4, 0.5) is 26.3 Å². The number of rotatable bonds is 12. The molecule has 0 aliphatic heterocycles. The Labute approximate surface area is 359 Å². The SMILES string of the molecule is CCO[C@@H]1C[C@H](S(=O)(=O)c2ccc(Br)cc2C(F)(F)F)C[C@H]1C(=O)NC1(C#N)CC1.CCO[C@H]1C[C@H](S(=O)(=O)c2ccc(Br)cc2C(F)(F)F)CC1C(=O)NC1(C#N)CC1. The van der Waals surface area contributed by atoms with Crippen LogP contribution >= 0.6 is 31.9 Å². The number of alkyl halides is 6. The molecule has 6 atom stereocenters. The number of halogens is 8. The van der Waals surface area contributed by atoms with Gasteiger partial charge in [0.25, 0.3) is 0 Å². The molecule has 4 aliphatic rings. The van der Waals surface area contributed by atoms with E-state index in [4.69, 9.17) is 9.47 Å². The van der Waals surface area contributed by atoms with Gasteiger partial charge in [-0.15, -0.1) is 0 Å². The fraction of sp³-hybridized carbons (Fsp3) is 0.579. The van der Waals surface area contributed by atoms with E-state index in [1.807, 2.05) is 12.1 Å². The topological polar surface area (TPSA) is 193 Å². The van der Waals surface area contributed by atoms with Crippen molar-refractivity contribution in [2.75, 3.05) is 13.2 Å². The summed E-state index contributed by atoms with van der Waals surface area (Å²) < 4.78 is 145. The van der Waals surface area contributed by atoms with Gasteiger partial charge >= 0.3 is 12.4 Å². The first-order valence-corrected chi connectivity index (χ1v) is 23.5. The Morgan fingerprint density at radius 2 is 1.02 bits per heavy atom. The van der Waals surface area contributed by atoms with Crippen LogP contribution < -0.4 is 10.6 Å². The first kappa shape index (κ1) is 47.8. The van der Waals surface area contributed by atoms with Gasteiger partial charge in [-0.1, -0.05) is 31.9 Å². The number of hydrogen-bond donors (Lipinski definition) is 2. The molecule has 6 rings (SSSR count). The first-order chi connectivity index (χ1) is 27.9. The zero-order valence-corrected chi connectivity index (χ0v) is 36.8. The largest absolute Gasteiger partial charge is 0.417 e. The molecule has 2 N–H and O–H groups in total. The number of nitrogens with one attached hydrogen (secondary N) is 2. The van der Waals surface area contributed by atoms with Crippen LogP contribution in [-0.4, -0.2) is 75.6 Å². The van der Waals surface area contributed by atoms with E-state index in [2.05, 4.69) is 42.5 Å². The molecule has 0 radical (unpaired) electrons. The zero-order chi connectivity index (χ0) is 44.6. The van der Waals surface area contributed by atoms with Gasteiger partial charge in [-0.3, -0.25) is 9.59 Å². The average molecular weight is 1020 g/mol. The van der Waals surface area contributed by atoms with Gasteiger partial charge < -0.3 is 20.1 Å². The summed E-state index contributed by atoms with van der Waals surface area (Å²) in [6.45, 7) is 3.81. The number of amides is 2. The van der Waals surface area contributed by atoms with E-state index in [9.17, 15) is 63.3 Å². The Kier molecular flexibility index (Phi) is 14.2. The molecule has 4 saturated carbocycles. The summed E-state index contributed by atoms with van der Waals surface area (Å²) in [4.78, 5) is 23.8. The predicted molar refractivity (Wildman–Crippen MR) is 208 cm³/mol. The summed E-state index contributed by atoms with van der Waals surface area (Å²) in [7, 11) is -8.77. The van der Waals surface area contributed by atoms with E-state index in [1.165, 1.54) is 12.1 Å². The van der Waals surface area contributed by atoms with E-state index >= 15 is 0 Å². The van der Waals surface area contributed by atoms with Crippen molar-refractivity contribution in [1.29, 1.82) is 10.5 Å². The van der Waals surface area contributed by atoms with E-state index in [0.29, 0.717) is 25.7 Å². The highest BCUT2D eigenvalue weighted by molar-refractivity contribution is 9.10. The summed E-state index contributed by atoms with van der Waals surface area (Å²) in [5.74, 6) is -2.73. The lowest BCUT2D eigenvalue weighted by atomic mass is 10.0. The quantitative estimate of drug-likeness (QED) is 0.206. The standard InChI is InChI=1S/2C19H20BrF3N2O4S/c2*1-2-29-15-9-12(8-13(15)17(26)25-18(10-24)5-6-18)30(27,28)16-4-3-11(20)7-14(16)19(21,22)23/h2*3-4,7,12-13,15H,2,5-6,8-9H2,1H3,(H,25,26)/t12-,13?,15+;12-,13-,15-/m11/s1. The van der Waals surface area contributed by atoms with Crippen molar-refractivity contribution in [1.82, 2.24) is 10.6 Å². The maximum Gasteiger partial charge on any atom is 0.417 e. The number of benzene rings is 2. The Morgan fingerprint density at radius 3 is 1.28 bits per heavy atom. The van der Waals surface area contributed by atoms with Gasteiger partial charge in [0.15, 0.2) is 19.7 Å². The zero-order valence-electron chi connectivity index (χ0n) is 32.0. The number of ether oxygens (including phenoxy) is 2. The molecule has 4 fully saturated rings. The Morgan fingerprint density at radius 1 is 0.683 bits per heavy atom. The first-order valence-electron chi connectivity index (χ1n) is 18.8. The van der Waals surface area contributed by atoms with Crippen molar-refractivity contribution in [3.63, 3.8) is 0 Å². The smallest absolute Gasteiger partial charge is 0.378 e. The lowest BCUT2D eigenvalue weighted by Gasteiger charge is -2.20. The van der Waals surface area contributed by atoms with Crippen LogP contribution in [0.1, 0.15) is 76.3 Å². The van der Waals surface area contributed by atoms with Crippen molar-refractivity contribution in [3.05, 3.63) is 56.5 Å². The second-order valence-electron chi connectivity index (χ2n) is 15.1. The minimum Gasteiger partial charge on any atom is -0.378 e. The summed E-state index contributed by atoms with van der Waals surface area (Å²) in [5.41, 5.74) is -4.36. The Hall–Kier alpha value is -3.28. The minimum atomic E-state index is -4.86. The lowest BCUT2D eigenvalue weighted by Crippen LogP contribution is -2.42. The molecule has 2 aromatic rings. The summed E-state index contributed by atoms with van der Waals surface area (Å²) in [6.07, 6.45) is -9.72. The number of sulfone groups is 2. The fourth-order valence-corrected chi connectivity index (χ4v) is 12.2. The molecule has 0 bridgehead atoms. The van der Waals surface area contributed by atoms with Gasteiger partial charge in [-0.2, -0.15) is 36.9 Å². The Balaban J connectivity index is 0.000000228. The van der Waals surface area contributed by atoms with E-state index in [0.717, 1.165) is 24.3 Å². The summed E-state index contributed by atoms with van der Waals surface area (Å²) in [6, 6.07) is 9.87. The third kappa shape index (κ3) is 10.5. The number of carbonyl (C=O) groups excluding carboxylic acids is 2. The molecule has 4 aliphatic carbocycles. The minimum absolute atomic E-state index is 0.0961. The molecule has 22 heteroatoms. The van der Waals surface area contributed by atoms with Gasteiger partial charge in [0, 0.05) is 22.2 Å². The van der Waals surface area contributed by atoms with Crippen LogP contribution in [0.15, 0.2) is 55.1 Å². The van der Waals surface area contributed by atoms with Crippen molar-refractivity contribution in [3.8, 4) is 12.1 Å². The van der Waals surface area contributed by atoms with Crippen LogP contribution in [0, 0.1) is 34.5 Å². The van der Waals surface area contributed by atoms with Crippen molar-refractivity contribution >= 4 is 63.3 Å². The molecule has 2 aromatic carbocycles. The molecule has 0 heterocycles. The van der Waals surface area contributed by atoms with Gasteiger partial charge in [-0.05, 0) is 102 Å². The van der Waals surface area contributed by atoms with Crippen molar-refractivity contribution in [2.45, 2.75) is 121 Å². The summed E-state index contributed by atoms with van der Waals surface area (Å²) >= 11 is 5.89. The van der Waals surface area contributed by atoms with Crippen LogP contribution in [-0.2, 0) is 51.1 Å². The normalized spacial score (nSPS) is 25.5. The molecule has 12 nitrogen and oxygen atoms in total. The molecular weight excluding hydrogens is 978 g/mol. The van der Waals surface area contributed by atoms with Crippen molar-refractivity contribution < 1.29 is 62.2 Å². The predicted octanol–water partition coefficient (Wildman–Crippen LogP) is 7.20. The monoisotopic (exact) mass is 1020 g/mol. The van der Waals surface area contributed by atoms with Gasteiger partial charge in [0.05, 0.1) is 67.6 Å². The molecule has 0 spiro atoms. The van der Waals surface area contributed by atoms with Crippen LogP contribution in [0.25, 0.3) is 0 Å². The molecule has 2 amide bonds. The number of nitriles is 2. The van der Waals surface area contributed by atoms with Gasteiger partial charge in [-0.25, -0.2) is 16.8 Å². The van der Waals surface area contributed by atoms with Crippen LogP contribution in [0.5, 0.6) is 0 Å². The molecule has 60 heavy (non-hydrogen) atoms. The van der Waals surface area contributed by atoms with Crippen molar-refractivity contribution in [2.24, 2.45) is 11.8 Å². The second-order valence-corrected chi connectivity index (χ2v) is 21.3. The van der Waals surface area contributed by atoms with E-state index < -0.39 is 110 Å². The van der Waals surface area contributed by atoms with Gasteiger partial charge in [0.1, 0.15) is 11.1 Å². The molecule has 0 aromatic heterocycles. The molecule has 328 valence electrons. The fourth-order valence-electron chi connectivity index (χ4n) is 7.50. The van der Waals surface area contributed by atoms with E-state index in [-0.39, 0.29) is 47.8 Å². The molecular formula is C38H40Br2F6N4O8S2. The van der Waals surface area contributed by atoms with Gasteiger partial charge in [0.2, 0.25) is 11.8 Å². The lowest BCUT2D eigenvalue weighted by molar-refractivity contribution is -0.140. The number of nitrogens with zero attached hydrogens (tertiary/aromatic N) is 2. The molecule has 0 saturated heterocycles. The highest BCUT2D eigenvalue weighted by Gasteiger charge is 2.53. The van der Waals surface area contributed by atoms with Crippen LogP contribution in [0.2, 0.25) is 0 Å². The highest BCUT2D eigenvalue weighted by atomic mass is 79.9. The maximum absolute atomic E-state index is 13.5. The van der Waals surface area contributed by atoms with E-state index in [1.54, 1.807) is 13.8 Å². The Bertz CT molecular complexity index is 2130. The van der Waals surface area contributed by atoms with Crippen LogP contribution in [0.3, 0.4) is 0 Å². The number of hydrogen-bond acceptors (Lipinski definition) is 10. The maximum atomic E-state index is 13.5. The summed E-state index contributed by atoms with van der Waals surface area (Å²) in [5, 5.41) is 21.2. The molecule has 1 unspecified atom stereocenters.